The molecule has 0 bridgehead atoms. The number of methoxy groups -OCH3 is 1. The fourth-order valence-electron chi connectivity index (χ4n) is 1.62. The predicted molar refractivity (Wildman–Crippen MR) is 47.3 cm³/mol. The molecule has 1 saturated carbocycles. The van der Waals surface area contributed by atoms with Crippen LogP contribution in [0.1, 0.15) is 33.1 Å². The molecule has 0 N–H and O–H groups in total. The molecular formula is C10H18O. The van der Waals surface area contributed by atoms with Gasteiger partial charge in [0.15, 0.2) is 0 Å². The molecule has 1 fully saturated rings. The van der Waals surface area contributed by atoms with E-state index in [0.29, 0.717) is 0 Å². The molecule has 0 amide bonds. The fraction of sp³-hybridized carbons (Fsp3) is 0.800. The van der Waals surface area contributed by atoms with E-state index in [1.54, 1.807) is 7.11 Å². The van der Waals surface area contributed by atoms with Gasteiger partial charge in [0, 0.05) is 5.41 Å². The highest BCUT2D eigenvalue weighted by molar-refractivity contribution is 5.03. The van der Waals surface area contributed by atoms with Crippen LogP contribution >= 0.6 is 0 Å². The molecule has 1 aliphatic carbocycles. The van der Waals surface area contributed by atoms with Gasteiger partial charge >= 0.3 is 0 Å². The molecule has 1 aliphatic rings. The molecule has 0 radical (unpaired) electrons. The van der Waals surface area contributed by atoms with Crippen molar-refractivity contribution in [1.29, 1.82) is 0 Å². The molecule has 0 aromatic rings. The molecule has 0 unspecified atom stereocenters. The first-order chi connectivity index (χ1) is 5.09. The van der Waals surface area contributed by atoms with E-state index in [1.807, 2.05) is 0 Å². The van der Waals surface area contributed by atoms with Gasteiger partial charge in [-0.3, -0.25) is 0 Å². The third-order valence-electron chi connectivity index (χ3n) is 3.09. The summed E-state index contributed by atoms with van der Waals surface area (Å²) in [5.74, 6) is 1.73. The largest absolute Gasteiger partial charge is 0.501 e. The number of allylic oxidation sites excluding steroid dienone is 1. The first-order valence-electron chi connectivity index (χ1n) is 4.32. The van der Waals surface area contributed by atoms with E-state index in [9.17, 15) is 0 Å². The zero-order valence-electron chi connectivity index (χ0n) is 7.81. The average molecular weight is 154 g/mol. The molecule has 0 atom stereocenters. The van der Waals surface area contributed by atoms with Crippen LogP contribution in [0.5, 0.6) is 0 Å². The van der Waals surface area contributed by atoms with Gasteiger partial charge in [0.05, 0.1) is 12.9 Å². The average Bonchev–Trinajstić information content (AvgIpc) is 1.81. The summed E-state index contributed by atoms with van der Waals surface area (Å²) >= 11 is 0. The van der Waals surface area contributed by atoms with Gasteiger partial charge in [0.2, 0.25) is 0 Å². The van der Waals surface area contributed by atoms with E-state index in [0.717, 1.165) is 11.7 Å². The molecule has 1 heteroatoms. The van der Waals surface area contributed by atoms with Gasteiger partial charge in [-0.1, -0.05) is 26.8 Å². The molecule has 0 saturated heterocycles. The number of ether oxygens (including phenoxy) is 1. The fourth-order valence-corrected chi connectivity index (χ4v) is 1.62. The van der Waals surface area contributed by atoms with Crippen LogP contribution in [0.15, 0.2) is 12.3 Å². The summed E-state index contributed by atoms with van der Waals surface area (Å²) in [7, 11) is 1.71. The van der Waals surface area contributed by atoms with Crippen LogP contribution in [-0.4, -0.2) is 7.11 Å². The Kier molecular flexibility index (Phi) is 2.26. The number of rotatable bonds is 3. The van der Waals surface area contributed by atoms with Crippen LogP contribution in [0, 0.1) is 11.3 Å². The molecule has 64 valence electrons. The molecule has 0 aromatic carbocycles. The minimum absolute atomic E-state index is 0.188. The standard InChI is InChI=1S/C10H18O/c1-8(11-4)10(2,3)9-6-5-7-9/h9H,1,5-7H2,2-4H3. The van der Waals surface area contributed by atoms with Crippen LogP contribution in [0.25, 0.3) is 0 Å². The predicted octanol–water partition coefficient (Wildman–Crippen LogP) is 2.97. The van der Waals surface area contributed by atoms with Crippen LogP contribution in [0.3, 0.4) is 0 Å². The highest BCUT2D eigenvalue weighted by atomic mass is 16.5. The lowest BCUT2D eigenvalue weighted by molar-refractivity contribution is 0.0884. The molecule has 0 aliphatic heterocycles. The normalized spacial score (nSPS) is 19.2. The summed E-state index contributed by atoms with van der Waals surface area (Å²) in [5.41, 5.74) is 0.188. The van der Waals surface area contributed by atoms with Gasteiger partial charge in [-0.15, -0.1) is 0 Å². The number of hydrogen-bond acceptors (Lipinski definition) is 1. The summed E-state index contributed by atoms with van der Waals surface area (Å²) in [4.78, 5) is 0. The van der Waals surface area contributed by atoms with Gasteiger partial charge in [-0.2, -0.15) is 0 Å². The van der Waals surface area contributed by atoms with Crippen LogP contribution in [-0.2, 0) is 4.74 Å². The van der Waals surface area contributed by atoms with E-state index in [4.69, 9.17) is 4.74 Å². The van der Waals surface area contributed by atoms with E-state index in [-0.39, 0.29) is 5.41 Å². The summed E-state index contributed by atoms with van der Waals surface area (Å²) in [5, 5.41) is 0. The van der Waals surface area contributed by atoms with Crippen LogP contribution in [0.2, 0.25) is 0 Å². The van der Waals surface area contributed by atoms with E-state index in [2.05, 4.69) is 20.4 Å². The Balaban J connectivity index is 2.56. The van der Waals surface area contributed by atoms with Crippen molar-refractivity contribution in [1.82, 2.24) is 0 Å². The molecule has 1 nitrogen and oxygen atoms in total. The topological polar surface area (TPSA) is 9.23 Å². The zero-order valence-corrected chi connectivity index (χ0v) is 7.81. The zero-order chi connectivity index (χ0) is 8.48. The van der Waals surface area contributed by atoms with Crippen molar-refractivity contribution in [3.63, 3.8) is 0 Å². The maximum Gasteiger partial charge on any atom is 0.0942 e. The van der Waals surface area contributed by atoms with E-state index < -0.39 is 0 Å². The molecule has 0 spiro atoms. The first-order valence-corrected chi connectivity index (χ1v) is 4.32. The summed E-state index contributed by atoms with van der Waals surface area (Å²) in [6, 6.07) is 0. The van der Waals surface area contributed by atoms with Crippen molar-refractivity contribution in [2.75, 3.05) is 7.11 Å². The lowest BCUT2D eigenvalue weighted by Gasteiger charge is -2.40. The van der Waals surface area contributed by atoms with Crippen molar-refractivity contribution in [2.45, 2.75) is 33.1 Å². The Morgan fingerprint density at radius 3 is 2.27 bits per heavy atom. The highest BCUT2D eigenvalue weighted by Crippen LogP contribution is 2.45. The third-order valence-corrected chi connectivity index (χ3v) is 3.09. The Labute approximate surface area is 69.4 Å². The van der Waals surface area contributed by atoms with E-state index >= 15 is 0 Å². The maximum atomic E-state index is 5.18. The molecule has 1 rings (SSSR count). The Morgan fingerprint density at radius 2 is 2.00 bits per heavy atom. The first kappa shape index (κ1) is 8.63. The second-order valence-electron chi connectivity index (χ2n) is 3.98. The minimum atomic E-state index is 0.188. The van der Waals surface area contributed by atoms with E-state index in [1.165, 1.54) is 19.3 Å². The lowest BCUT2D eigenvalue weighted by Crippen LogP contribution is -2.31. The molecule has 0 aromatic heterocycles. The van der Waals surface area contributed by atoms with Crippen molar-refractivity contribution >= 4 is 0 Å². The molecule has 11 heavy (non-hydrogen) atoms. The van der Waals surface area contributed by atoms with Gasteiger partial charge in [0.25, 0.3) is 0 Å². The third kappa shape index (κ3) is 1.42. The number of hydrogen-bond donors (Lipinski definition) is 0. The lowest BCUT2D eigenvalue weighted by atomic mass is 9.66. The quantitative estimate of drug-likeness (QED) is 0.568. The highest BCUT2D eigenvalue weighted by Gasteiger charge is 2.36. The van der Waals surface area contributed by atoms with Crippen molar-refractivity contribution in [2.24, 2.45) is 11.3 Å². The van der Waals surface area contributed by atoms with Crippen molar-refractivity contribution in [3.8, 4) is 0 Å². The van der Waals surface area contributed by atoms with Crippen molar-refractivity contribution < 1.29 is 4.74 Å². The Morgan fingerprint density at radius 1 is 1.45 bits per heavy atom. The van der Waals surface area contributed by atoms with Crippen molar-refractivity contribution in [3.05, 3.63) is 12.3 Å². The van der Waals surface area contributed by atoms with Crippen LogP contribution in [0.4, 0.5) is 0 Å². The SMILES string of the molecule is C=C(OC)C(C)(C)C1CCC1. The van der Waals surface area contributed by atoms with Gasteiger partial charge in [-0.05, 0) is 18.8 Å². The smallest absolute Gasteiger partial charge is 0.0942 e. The molecular weight excluding hydrogens is 136 g/mol. The van der Waals surface area contributed by atoms with Crippen LogP contribution < -0.4 is 0 Å². The second kappa shape index (κ2) is 2.88. The summed E-state index contributed by atoms with van der Waals surface area (Å²) < 4.78 is 5.18. The van der Waals surface area contributed by atoms with Gasteiger partial charge in [-0.25, -0.2) is 0 Å². The Hall–Kier alpha value is -0.460. The minimum Gasteiger partial charge on any atom is -0.501 e. The maximum absolute atomic E-state index is 5.18. The Bertz CT molecular complexity index is 154. The summed E-state index contributed by atoms with van der Waals surface area (Å²) in [6.07, 6.45) is 4.07. The molecule has 0 heterocycles. The second-order valence-corrected chi connectivity index (χ2v) is 3.98. The summed E-state index contributed by atoms with van der Waals surface area (Å²) in [6.45, 7) is 8.38. The van der Waals surface area contributed by atoms with Gasteiger partial charge < -0.3 is 4.74 Å². The van der Waals surface area contributed by atoms with Gasteiger partial charge in [0.1, 0.15) is 0 Å². The monoisotopic (exact) mass is 154 g/mol.